The van der Waals surface area contributed by atoms with Gasteiger partial charge >= 0.3 is 0 Å². The normalized spacial score (nSPS) is 37.1. The maximum absolute atomic E-state index is 11.4. The number of hydrogen-bond acceptors (Lipinski definition) is 3. The third-order valence-electron chi connectivity index (χ3n) is 3.23. The minimum atomic E-state index is 0.106. The summed E-state index contributed by atoms with van der Waals surface area (Å²) in [6.45, 7) is 3.09. The van der Waals surface area contributed by atoms with E-state index in [2.05, 4.69) is 17.3 Å². The fraction of sp³-hybridized carbons (Fsp3) is 0.900. The molecule has 0 aromatic heterocycles. The Kier molecular flexibility index (Phi) is 2.74. The van der Waals surface area contributed by atoms with Crippen LogP contribution >= 0.6 is 0 Å². The van der Waals surface area contributed by atoms with Crippen LogP contribution in [0.2, 0.25) is 0 Å². The molecule has 3 unspecified atom stereocenters. The lowest BCUT2D eigenvalue weighted by atomic mass is 10.1. The average molecular weight is 197 g/mol. The van der Waals surface area contributed by atoms with Crippen molar-refractivity contribution in [2.75, 3.05) is 26.7 Å². The molecule has 2 fully saturated rings. The van der Waals surface area contributed by atoms with Gasteiger partial charge in [0.25, 0.3) is 0 Å². The highest BCUT2D eigenvalue weighted by Crippen LogP contribution is 2.27. The van der Waals surface area contributed by atoms with Crippen LogP contribution in [0, 0.1) is 11.8 Å². The van der Waals surface area contributed by atoms with E-state index in [1.54, 1.807) is 0 Å². The van der Waals surface area contributed by atoms with Crippen LogP contribution < -0.4 is 11.1 Å². The van der Waals surface area contributed by atoms with Crippen molar-refractivity contribution in [2.24, 2.45) is 17.6 Å². The van der Waals surface area contributed by atoms with Crippen LogP contribution in [0.15, 0.2) is 0 Å². The summed E-state index contributed by atoms with van der Waals surface area (Å²) < 4.78 is 0. The highest BCUT2D eigenvalue weighted by Gasteiger charge is 2.40. The lowest BCUT2D eigenvalue weighted by Crippen LogP contribution is -2.32. The van der Waals surface area contributed by atoms with Crippen LogP contribution in [0.5, 0.6) is 0 Å². The number of likely N-dealkylation sites (tertiary alicyclic amines) is 1. The van der Waals surface area contributed by atoms with Gasteiger partial charge in [0.2, 0.25) is 5.91 Å². The van der Waals surface area contributed by atoms with Crippen LogP contribution in [0.1, 0.15) is 12.8 Å². The maximum atomic E-state index is 11.4. The second kappa shape index (κ2) is 3.87. The van der Waals surface area contributed by atoms with E-state index in [1.165, 1.54) is 6.42 Å². The minimum absolute atomic E-state index is 0.106. The number of nitrogens with zero attached hydrogens (tertiary/aromatic N) is 1. The molecule has 4 heteroatoms. The van der Waals surface area contributed by atoms with Gasteiger partial charge in [-0.3, -0.25) is 4.79 Å². The summed E-state index contributed by atoms with van der Waals surface area (Å²) in [5.74, 6) is 0.903. The number of rotatable bonds is 3. The molecule has 14 heavy (non-hydrogen) atoms. The first-order chi connectivity index (χ1) is 6.66. The molecule has 2 rings (SSSR count). The largest absolute Gasteiger partial charge is 0.355 e. The molecule has 2 aliphatic rings. The fourth-order valence-electron chi connectivity index (χ4n) is 2.09. The van der Waals surface area contributed by atoms with Gasteiger partial charge in [0.05, 0.1) is 5.92 Å². The summed E-state index contributed by atoms with van der Waals surface area (Å²) in [6.07, 6.45) is 2.07. The molecule has 1 saturated carbocycles. The molecular weight excluding hydrogens is 178 g/mol. The highest BCUT2D eigenvalue weighted by atomic mass is 16.2. The Labute approximate surface area is 84.8 Å². The Balaban J connectivity index is 1.65. The predicted molar refractivity (Wildman–Crippen MR) is 54.7 cm³/mol. The van der Waals surface area contributed by atoms with Crippen LogP contribution in [-0.2, 0) is 4.79 Å². The molecule has 3 N–H and O–H groups in total. The number of nitrogens with two attached hydrogens (primary N) is 1. The zero-order valence-electron chi connectivity index (χ0n) is 8.70. The average Bonchev–Trinajstić information content (AvgIpc) is 2.72. The standard InChI is InChI=1S/C10H19N3O/c1-13-3-2-7(6-13)5-12-10(14)8-4-9(8)11/h7-9H,2-6,11H2,1H3,(H,12,14). The maximum Gasteiger partial charge on any atom is 0.224 e. The summed E-state index contributed by atoms with van der Waals surface area (Å²) in [6, 6.07) is 0.126. The monoisotopic (exact) mass is 197 g/mol. The number of hydrogen-bond donors (Lipinski definition) is 2. The third kappa shape index (κ3) is 2.25. The van der Waals surface area contributed by atoms with E-state index in [9.17, 15) is 4.79 Å². The van der Waals surface area contributed by atoms with E-state index in [1.807, 2.05) is 0 Å². The van der Waals surface area contributed by atoms with Gasteiger partial charge in [-0.2, -0.15) is 0 Å². The first kappa shape index (κ1) is 9.93. The number of carbonyl (C=O) groups excluding carboxylic acids is 1. The summed E-state index contributed by atoms with van der Waals surface area (Å²) in [4.78, 5) is 13.8. The Morgan fingerprint density at radius 1 is 1.64 bits per heavy atom. The molecule has 1 amide bonds. The van der Waals surface area contributed by atoms with Crippen LogP contribution in [-0.4, -0.2) is 43.5 Å². The third-order valence-corrected chi connectivity index (χ3v) is 3.23. The fourth-order valence-corrected chi connectivity index (χ4v) is 2.09. The van der Waals surface area contributed by atoms with Crippen molar-refractivity contribution >= 4 is 5.91 Å². The van der Waals surface area contributed by atoms with E-state index < -0.39 is 0 Å². The lowest BCUT2D eigenvalue weighted by Gasteiger charge is -2.11. The van der Waals surface area contributed by atoms with Crippen molar-refractivity contribution in [3.05, 3.63) is 0 Å². The Morgan fingerprint density at radius 2 is 2.36 bits per heavy atom. The molecule has 1 heterocycles. The van der Waals surface area contributed by atoms with E-state index in [-0.39, 0.29) is 17.9 Å². The second-order valence-corrected chi connectivity index (χ2v) is 4.67. The number of amides is 1. The van der Waals surface area contributed by atoms with Crippen molar-refractivity contribution in [1.82, 2.24) is 10.2 Å². The van der Waals surface area contributed by atoms with Gasteiger partial charge in [0.15, 0.2) is 0 Å². The number of carbonyl (C=O) groups is 1. The molecule has 4 nitrogen and oxygen atoms in total. The highest BCUT2D eigenvalue weighted by molar-refractivity contribution is 5.82. The number of nitrogens with one attached hydrogen (secondary N) is 1. The van der Waals surface area contributed by atoms with Crippen molar-refractivity contribution in [3.8, 4) is 0 Å². The van der Waals surface area contributed by atoms with E-state index in [4.69, 9.17) is 5.73 Å². The predicted octanol–water partition coefficient (Wildman–Crippen LogP) is -0.598. The SMILES string of the molecule is CN1CCC(CNC(=O)C2CC2N)C1. The molecule has 1 saturated heterocycles. The molecular formula is C10H19N3O. The van der Waals surface area contributed by atoms with Crippen molar-refractivity contribution in [1.29, 1.82) is 0 Å². The summed E-state index contributed by atoms with van der Waals surface area (Å²) in [5, 5.41) is 2.99. The van der Waals surface area contributed by atoms with Crippen molar-refractivity contribution in [2.45, 2.75) is 18.9 Å². The van der Waals surface area contributed by atoms with E-state index >= 15 is 0 Å². The van der Waals surface area contributed by atoms with Gasteiger partial charge in [-0.05, 0) is 32.4 Å². The molecule has 0 bridgehead atoms. The van der Waals surface area contributed by atoms with Gasteiger partial charge in [0.1, 0.15) is 0 Å². The van der Waals surface area contributed by atoms with E-state index in [0.29, 0.717) is 5.92 Å². The molecule has 1 aliphatic heterocycles. The smallest absolute Gasteiger partial charge is 0.224 e. The van der Waals surface area contributed by atoms with Crippen LogP contribution in [0.4, 0.5) is 0 Å². The molecule has 0 spiro atoms. The molecule has 80 valence electrons. The van der Waals surface area contributed by atoms with Crippen LogP contribution in [0.3, 0.4) is 0 Å². The van der Waals surface area contributed by atoms with Gasteiger partial charge in [-0.1, -0.05) is 0 Å². The second-order valence-electron chi connectivity index (χ2n) is 4.67. The zero-order valence-corrected chi connectivity index (χ0v) is 8.70. The summed E-state index contributed by atoms with van der Waals surface area (Å²) in [5.41, 5.74) is 5.60. The van der Waals surface area contributed by atoms with Crippen molar-refractivity contribution < 1.29 is 4.79 Å². The van der Waals surface area contributed by atoms with Crippen LogP contribution in [0.25, 0.3) is 0 Å². The first-order valence-electron chi connectivity index (χ1n) is 5.38. The van der Waals surface area contributed by atoms with Gasteiger partial charge in [-0.15, -0.1) is 0 Å². The first-order valence-corrected chi connectivity index (χ1v) is 5.38. The Hall–Kier alpha value is -0.610. The quantitative estimate of drug-likeness (QED) is 0.635. The Morgan fingerprint density at radius 3 is 2.86 bits per heavy atom. The molecule has 0 aromatic rings. The van der Waals surface area contributed by atoms with E-state index in [0.717, 1.165) is 26.1 Å². The minimum Gasteiger partial charge on any atom is -0.355 e. The van der Waals surface area contributed by atoms with Crippen molar-refractivity contribution in [3.63, 3.8) is 0 Å². The zero-order chi connectivity index (χ0) is 10.1. The van der Waals surface area contributed by atoms with Gasteiger partial charge in [-0.25, -0.2) is 0 Å². The topological polar surface area (TPSA) is 58.4 Å². The summed E-state index contributed by atoms with van der Waals surface area (Å²) in [7, 11) is 2.12. The molecule has 0 aromatic carbocycles. The molecule has 0 radical (unpaired) electrons. The van der Waals surface area contributed by atoms with Gasteiger partial charge in [0, 0.05) is 19.1 Å². The lowest BCUT2D eigenvalue weighted by molar-refractivity contribution is -0.122. The van der Waals surface area contributed by atoms with Gasteiger partial charge < -0.3 is 16.0 Å². The molecule has 1 aliphatic carbocycles. The Bertz CT molecular complexity index is 231. The summed E-state index contributed by atoms with van der Waals surface area (Å²) >= 11 is 0. The molecule has 3 atom stereocenters.